The number of H-pyrrole nitrogens is 1. The Morgan fingerprint density at radius 3 is 2.93 bits per heavy atom. The molecule has 1 atom stereocenters. The monoisotopic (exact) mass is 367 g/mol. The number of hydrogen-bond donors (Lipinski definition) is 2. The third kappa shape index (κ3) is 3.23. The zero-order valence-corrected chi connectivity index (χ0v) is 14.9. The van der Waals surface area contributed by atoms with E-state index in [9.17, 15) is 0 Å². The first-order chi connectivity index (χ1) is 13.4. The molecular formula is C17H21N9O. The first-order valence-electron chi connectivity index (χ1n) is 9.18. The summed E-state index contributed by atoms with van der Waals surface area (Å²) >= 11 is 0. The van der Waals surface area contributed by atoms with Gasteiger partial charge in [-0.1, -0.05) is 0 Å². The maximum Gasteiger partial charge on any atom is 0.227 e. The van der Waals surface area contributed by atoms with E-state index in [0.29, 0.717) is 11.7 Å². The van der Waals surface area contributed by atoms with Crippen LogP contribution in [0.15, 0.2) is 24.9 Å². The van der Waals surface area contributed by atoms with Gasteiger partial charge in [-0.25, -0.2) is 19.9 Å². The van der Waals surface area contributed by atoms with Gasteiger partial charge in [-0.3, -0.25) is 0 Å². The Labute approximate surface area is 156 Å². The van der Waals surface area contributed by atoms with E-state index >= 15 is 0 Å². The lowest BCUT2D eigenvalue weighted by Crippen LogP contribution is -2.37. The molecule has 5 rings (SSSR count). The highest BCUT2D eigenvalue weighted by atomic mass is 16.5. The molecule has 0 saturated carbocycles. The minimum atomic E-state index is 0.297. The van der Waals surface area contributed by atoms with Crippen LogP contribution in [-0.4, -0.2) is 75.3 Å². The van der Waals surface area contributed by atoms with Crippen LogP contribution in [0.3, 0.4) is 0 Å². The molecule has 2 saturated heterocycles. The van der Waals surface area contributed by atoms with Gasteiger partial charge in [0.2, 0.25) is 5.95 Å². The van der Waals surface area contributed by atoms with Crippen LogP contribution in [0.5, 0.6) is 0 Å². The minimum absolute atomic E-state index is 0.297. The Morgan fingerprint density at radius 1 is 1.07 bits per heavy atom. The van der Waals surface area contributed by atoms with Crippen molar-refractivity contribution in [3.8, 4) is 0 Å². The van der Waals surface area contributed by atoms with E-state index in [4.69, 9.17) is 4.74 Å². The van der Waals surface area contributed by atoms with Crippen molar-refractivity contribution in [1.29, 1.82) is 0 Å². The van der Waals surface area contributed by atoms with Crippen LogP contribution in [0, 0.1) is 0 Å². The van der Waals surface area contributed by atoms with E-state index in [1.165, 1.54) is 0 Å². The predicted molar refractivity (Wildman–Crippen MR) is 101 cm³/mol. The fraction of sp³-hybridized carbons (Fsp3) is 0.471. The molecular weight excluding hydrogens is 346 g/mol. The van der Waals surface area contributed by atoms with E-state index in [-0.39, 0.29) is 0 Å². The van der Waals surface area contributed by atoms with Crippen LogP contribution < -0.4 is 15.1 Å². The van der Waals surface area contributed by atoms with Crippen LogP contribution >= 0.6 is 0 Å². The number of fused-ring (bicyclic) bond motifs is 1. The number of hydrogen-bond acceptors (Lipinski definition) is 9. The summed E-state index contributed by atoms with van der Waals surface area (Å²) in [5.74, 6) is 2.51. The van der Waals surface area contributed by atoms with Crippen molar-refractivity contribution in [2.45, 2.75) is 12.5 Å². The smallest absolute Gasteiger partial charge is 0.227 e. The standard InChI is InChI=1S/C17H21N9O/c1-3-18-17(25-5-7-27-8-6-25)24-13(1)23-12-2-4-26(9-12)16-14-15(20-10-19-14)21-11-22-16/h1,3,10-12H,2,4-9H2,(H,18,23,24)(H,19,20,21,22). The topological polar surface area (TPSA) is 108 Å². The largest absolute Gasteiger partial charge is 0.378 e. The fourth-order valence-corrected chi connectivity index (χ4v) is 3.62. The Bertz CT molecular complexity index is 923. The van der Waals surface area contributed by atoms with Gasteiger partial charge in [-0.2, -0.15) is 4.98 Å². The first kappa shape index (κ1) is 16.2. The van der Waals surface area contributed by atoms with Gasteiger partial charge < -0.3 is 24.8 Å². The molecule has 10 nitrogen and oxygen atoms in total. The number of morpholine rings is 1. The second-order valence-electron chi connectivity index (χ2n) is 6.72. The normalized spacial score (nSPS) is 20.4. The Hall–Kier alpha value is -3.01. The zero-order valence-electron chi connectivity index (χ0n) is 14.9. The molecule has 0 bridgehead atoms. The van der Waals surface area contributed by atoms with Gasteiger partial charge in [0.05, 0.1) is 19.5 Å². The molecule has 0 spiro atoms. The number of ether oxygens (including phenoxy) is 1. The van der Waals surface area contributed by atoms with Gasteiger partial charge in [0, 0.05) is 38.4 Å². The number of imidazole rings is 1. The molecule has 2 aliphatic rings. The lowest BCUT2D eigenvalue weighted by molar-refractivity contribution is 0.122. The summed E-state index contributed by atoms with van der Waals surface area (Å²) < 4.78 is 5.40. The van der Waals surface area contributed by atoms with Crippen molar-refractivity contribution >= 4 is 28.7 Å². The van der Waals surface area contributed by atoms with E-state index < -0.39 is 0 Å². The number of aromatic nitrogens is 6. The molecule has 3 aromatic heterocycles. The molecule has 140 valence electrons. The molecule has 0 amide bonds. The van der Waals surface area contributed by atoms with Crippen molar-refractivity contribution in [3.63, 3.8) is 0 Å². The molecule has 10 heteroatoms. The maximum absolute atomic E-state index is 5.40. The van der Waals surface area contributed by atoms with Gasteiger partial charge in [0.15, 0.2) is 11.5 Å². The van der Waals surface area contributed by atoms with Crippen molar-refractivity contribution in [3.05, 3.63) is 24.9 Å². The van der Waals surface area contributed by atoms with Gasteiger partial charge in [-0.05, 0) is 12.5 Å². The summed E-state index contributed by atoms with van der Waals surface area (Å²) in [6.45, 7) is 4.87. The second-order valence-corrected chi connectivity index (χ2v) is 6.72. The van der Waals surface area contributed by atoms with Gasteiger partial charge in [0.25, 0.3) is 0 Å². The molecule has 2 aliphatic heterocycles. The molecule has 0 aliphatic carbocycles. The van der Waals surface area contributed by atoms with Crippen molar-refractivity contribution < 1.29 is 4.74 Å². The average molecular weight is 367 g/mol. The number of nitrogens with one attached hydrogen (secondary N) is 2. The average Bonchev–Trinajstić information content (AvgIpc) is 3.38. The van der Waals surface area contributed by atoms with Crippen molar-refractivity contribution in [2.24, 2.45) is 0 Å². The zero-order chi connectivity index (χ0) is 18.1. The summed E-state index contributed by atoms with van der Waals surface area (Å²) in [5, 5.41) is 3.54. The molecule has 0 radical (unpaired) electrons. The SMILES string of the molecule is c1cc(NC2CCN(c3ncnc4nc[nH]c34)C2)nc(N2CCOCC2)n1. The second kappa shape index (κ2) is 6.95. The Kier molecular flexibility index (Phi) is 4.17. The van der Waals surface area contributed by atoms with Crippen LogP contribution in [0.2, 0.25) is 0 Å². The van der Waals surface area contributed by atoms with E-state index in [1.807, 2.05) is 12.3 Å². The fourth-order valence-electron chi connectivity index (χ4n) is 3.62. The molecule has 1 unspecified atom stereocenters. The third-order valence-corrected chi connectivity index (χ3v) is 4.98. The number of nitrogens with zero attached hydrogens (tertiary/aromatic N) is 7. The van der Waals surface area contributed by atoms with Gasteiger partial charge in [-0.15, -0.1) is 0 Å². The van der Waals surface area contributed by atoms with Crippen LogP contribution in [-0.2, 0) is 4.74 Å². The summed E-state index contributed by atoms with van der Waals surface area (Å²) in [7, 11) is 0. The molecule has 27 heavy (non-hydrogen) atoms. The van der Waals surface area contributed by atoms with E-state index in [2.05, 4.69) is 45.0 Å². The first-order valence-corrected chi connectivity index (χ1v) is 9.18. The quantitative estimate of drug-likeness (QED) is 0.688. The van der Waals surface area contributed by atoms with E-state index in [0.717, 1.165) is 68.9 Å². The molecule has 0 aromatic carbocycles. The Balaban J connectivity index is 1.28. The summed E-state index contributed by atoms with van der Waals surface area (Å²) in [5.41, 5.74) is 1.58. The lowest BCUT2D eigenvalue weighted by Gasteiger charge is -2.27. The molecule has 3 aromatic rings. The van der Waals surface area contributed by atoms with E-state index in [1.54, 1.807) is 12.7 Å². The Morgan fingerprint density at radius 2 is 2.00 bits per heavy atom. The predicted octanol–water partition coefficient (Wildman–Crippen LogP) is 0.670. The number of rotatable bonds is 4. The van der Waals surface area contributed by atoms with Crippen LogP contribution in [0.1, 0.15) is 6.42 Å². The summed E-state index contributed by atoms with van der Waals surface area (Å²) in [6, 6.07) is 2.22. The summed E-state index contributed by atoms with van der Waals surface area (Å²) in [6.07, 6.45) is 6.04. The van der Waals surface area contributed by atoms with Crippen LogP contribution in [0.4, 0.5) is 17.6 Å². The van der Waals surface area contributed by atoms with Crippen molar-refractivity contribution in [1.82, 2.24) is 29.9 Å². The molecule has 5 heterocycles. The van der Waals surface area contributed by atoms with Gasteiger partial charge in [0.1, 0.15) is 17.7 Å². The van der Waals surface area contributed by atoms with Gasteiger partial charge >= 0.3 is 0 Å². The summed E-state index contributed by atoms with van der Waals surface area (Å²) in [4.78, 5) is 29.5. The lowest BCUT2D eigenvalue weighted by atomic mass is 10.2. The van der Waals surface area contributed by atoms with Crippen LogP contribution in [0.25, 0.3) is 11.2 Å². The minimum Gasteiger partial charge on any atom is -0.378 e. The molecule has 2 fully saturated rings. The third-order valence-electron chi connectivity index (χ3n) is 4.98. The van der Waals surface area contributed by atoms with Crippen molar-refractivity contribution in [2.75, 3.05) is 54.5 Å². The maximum atomic E-state index is 5.40. The number of anilines is 3. The number of aromatic amines is 1. The molecule has 2 N–H and O–H groups in total. The highest BCUT2D eigenvalue weighted by molar-refractivity contribution is 5.82. The highest BCUT2D eigenvalue weighted by Gasteiger charge is 2.26. The highest BCUT2D eigenvalue weighted by Crippen LogP contribution is 2.25.